The average molecular weight is 419 g/mol. The zero-order valence-corrected chi connectivity index (χ0v) is 15.4. The van der Waals surface area contributed by atoms with Gasteiger partial charge in [-0.1, -0.05) is 12.1 Å². The summed E-state index contributed by atoms with van der Waals surface area (Å²) < 4.78 is 57.8. The molecule has 1 aromatic rings. The largest absolute Gasteiger partial charge is 0.490 e. The lowest BCUT2D eigenvalue weighted by atomic mass is 10.1. The molecule has 0 aliphatic carbocycles. The van der Waals surface area contributed by atoms with E-state index >= 15 is 0 Å². The van der Waals surface area contributed by atoms with Crippen molar-refractivity contribution in [3.05, 3.63) is 29.3 Å². The molecule has 0 saturated carbocycles. The van der Waals surface area contributed by atoms with E-state index in [1.165, 1.54) is 18.2 Å². The van der Waals surface area contributed by atoms with Gasteiger partial charge in [-0.15, -0.1) is 4.28 Å². The molecule has 14 heteroatoms. The van der Waals surface area contributed by atoms with Crippen LogP contribution >= 0.6 is 0 Å². The number of hydroxylamine groups is 1. The molecule has 0 radical (unpaired) electrons. The maximum absolute atomic E-state index is 12.3. The summed E-state index contributed by atoms with van der Waals surface area (Å²) in [4.78, 5) is 12.3. The number of nitrogens with one attached hydrogen (secondary N) is 3. The van der Waals surface area contributed by atoms with E-state index in [1.807, 2.05) is 0 Å². The lowest BCUT2D eigenvalue weighted by Crippen LogP contribution is -2.34. The van der Waals surface area contributed by atoms with Crippen molar-refractivity contribution in [3.8, 4) is 5.75 Å². The molecule has 0 aromatic heterocycles. The minimum Gasteiger partial charge on any atom is -0.490 e. The highest BCUT2D eigenvalue weighted by Crippen LogP contribution is 2.34. The first kappa shape index (κ1) is 20.6. The van der Waals surface area contributed by atoms with E-state index in [-0.39, 0.29) is 30.0 Å². The number of benzene rings is 1. The van der Waals surface area contributed by atoms with Crippen LogP contribution in [0.15, 0.2) is 23.8 Å². The second kappa shape index (κ2) is 7.91. The molecule has 148 valence electrons. The number of nitrogens with two attached hydrogens (primary N) is 2. The molecule has 0 atom stereocenters. The molecular weight excluding hydrogens is 402 g/mol. The number of hydrogen-bond donors (Lipinski definition) is 5. The molecule has 0 fully saturated rings. The van der Waals surface area contributed by atoms with Gasteiger partial charge in [-0.25, -0.2) is 10.6 Å². The molecule has 0 spiro atoms. The van der Waals surface area contributed by atoms with E-state index in [2.05, 4.69) is 9.01 Å². The van der Waals surface area contributed by atoms with Crippen molar-refractivity contribution >= 4 is 43.8 Å². The molecule has 1 aromatic carbocycles. The summed E-state index contributed by atoms with van der Waals surface area (Å²) in [7, 11) is -8.36. The van der Waals surface area contributed by atoms with Crippen LogP contribution in [0.25, 0.3) is 6.08 Å². The fourth-order valence-electron chi connectivity index (χ4n) is 2.20. The Balaban J connectivity index is 2.26. The van der Waals surface area contributed by atoms with Crippen molar-refractivity contribution in [3.63, 3.8) is 0 Å². The van der Waals surface area contributed by atoms with Crippen molar-refractivity contribution in [1.29, 1.82) is 5.41 Å². The van der Waals surface area contributed by atoms with Gasteiger partial charge >= 0.3 is 0 Å². The topological polar surface area (TPSA) is 204 Å². The Labute approximate surface area is 155 Å². The quantitative estimate of drug-likeness (QED) is 0.204. The number of rotatable bonds is 7. The van der Waals surface area contributed by atoms with E-state index in [9.17, 15) is 21.6 Å². The first-order valence-corrected chi connectivity index (χ1v) is 10.4. The SMILES string of the molecule is N=C(N)NOS(=O)(=O)CC(=O)C1=Cc2cccc(NS(N)(=O)=O)c2OCC1. The third-order valence-corrected chi connectivity index (χ3v) is 4.65. The monoisotopic (exact) mass is 419 g/mol. The molecule has 12 nitrogen and oxygen atoms in total. The third-order valence-electron chi connectivity index (χ3n) is 3.19. The fourth-order valence-corrected chi connectivity index (χ4v) is 3.45. The Kier molecular flexibility index (Phi) is 6.04. The number of carbonyl (C=O) groups is 1. The number of hydrogen-bond acceptors (Lipinski definition) is 8. The molecule has 0 amide bonds. The van der Waals surface area contributed by atoms with Crippen LogP contribution in [0.3, 0.4) is 0 Å². The molecule has 1 aliphatic rings. The van der Waals surface area contributed by atoms with Crippen molar-refractivity contribution in [1.82, 2.24) is 5.48 Å². The Morgan fingerprint density at radius 3 is 2.63 bits per heavy atom. The van der Waals surface area contributed by atoms with Crippen LogP contribution in [0.5, 0.6) is 5.75 Å². The lowest BCUT2D eigenvalue weighted by molar-refractivity contribution is -0.113. The normalized spacial score (nSPS) is 14.2. The highest BCUT2D eigenvalue weighted by molar-refractivity contribution is 7.90. The van der Waals surface area contributed by atoms with Crippen molar-refractivity contribution in [2.45, 2.75) is 6.42 Å². The van der Waals surface area contributed by atoms with E-state index in [4.69, 9.17) is 21.0 Å². The summed E-state index contributed by atoms with van der Waals surface area (Å²) in [6, 6.07) is 4.50. The fraction of sp³-hybridized carbons (Fsp3) is 0.231. The van der Waals surface area contributed by atoms with Gasteiger partial charge in [0.1, 0.15) is 5.75 Å². The molecule has 7 N–H and O–H groups in total. The number of Topliss-reactive ketones (excluding diaryl/α,β-unsaturated/α-hetero) is 1. The average Bonchev–Trinajstić information content (AvgIpc) is 2.74. The number of fused-ring (bicyclic) bond motifs is 1. The third kappa shape index (κ3) is 6.21. The number of carbonyl (C=O) groups excluding carboxylic acids is 1. The number of para-hydroxylation sites is 1. The maximum Gasteiger partial charge on any atom is 0.296 e. The minimum absolute atomic E-state index is 0.000483. The first-order chi connectivity index (χ1) is 12.5. The highest BCUT2D eigenvalue weighted by atomic mass is 32.2. The molecule has 0 bridgehead atoms. The lowest BCUT2D eigenvalue weighted by Gasteiger charge is -2.12. The molecule has 1 heterocycles. The highest BCUT2D eigenvalue weighted by Gasteiger charge is 2.24. The van der Waals surface area contributed by atoms with Crippen LogP contribution in [0.2, 0.25) is 0 Å². The van der Waals surface area contributed by atoms with Crippen LogP contribution in [0.1, 0.15) is 12.0 Å². The molecular formula is C13H17N5O7S2. The Bertz CT molecular complexity index is 1000. The summed E-state index contributed by atoms with van der Waals surface area (Å²) >= 11 is 0. The molecule has 1 aliphatic heterocycles. The van der Waals surface area contributed by atoms with Gasteiger partial charge in [0.05, 0.1) is 12.3 Å². The number of anilines is 1. The number of guanidine groups is 1. The summed E-state index contributed by atoms with van der Waals surface area (Å²) in [5.74, 6) is -2.31. The van der Waals surface area contributed by atoms with Crippen LogP contribution in [0, 0.1) is 5.41 Å². The van der Waals surface area contributed by atoms with Gasteiger partial charge in [-0.2, -0.15) is 16.8 Å². The zero-order chi connectivity index (χ0) is 20.2. The van der Waals surface area contributed by atoms with Crippen molar-refractivity contribution in [2.24, 2.45) is 10.9 Å². The predicted octanol–water partition coefficient (Wildman–Crippen LogP) is -1.22. The van der Waals surface area contributed by atoms with Gasteiger partial charge in [-0.3, -0.25) is 14.9 Å². The smallest absolute Gasteiger partial charge is 0.296 e. The minimum atomic E-state index is -4.32. The van der Waals surface area contributed by atoms with E-state index in [1.54, 1.807) is 11.5 Å². The summed E-state index contributed by atoms with van der Waals surface area (Å²) in [6.45, 7) is 0.000483. The van der Waals surface area contributed by atoms with Gasteiger partial charge in [0.2, 0.25) is 5.96 Å². The number of ether oxygens (including phenoxy) is 1. The second-order valence-electron chi connectivity index (χ2n) is 5.36. The predicted molar refractivity (Wildman–Crippen MR) is 96.2 cm³/mol. The second-order valence-corrected chi connectivity index (χ2v) is 8.23. The van der Waals surface area contributed by atoms with Crippen molar-refractivity contribution < 1.29 is 30.7 Å². The van der Waals surface area contributed by atoms with Gasteiger partial charge in [0.15, 0.2) is 11.5 Å². The standard InChI is InChI=1S/C13H17N5O7S2/c14-13(15)17-25-26(20,21)7-11(19)8-4-5-24-12-9(6-8)2-1-3-10(12)18-27(16,22)23/h1-3,6,18H,4-5,7H2,(H4,14,15,17)(H2,16,22,23). The maximum atomic E-state index is 12.3. The van der Waals surface area contributed by atoms with Crippen LogP contribution in [0.4, 0.5) is 5.69 Å². The Hall–Kier alpha value is -2.68. The first-order valence-electron chi connectivity index (χ1n) is 7.28. The van der Waals surface area contributed by atoms with E-state index < -0.39 is 37.8 Å². The Morgan fingerprint density at radius 1 is 1.30 bits per heavy atom. The van der Waals surface area contributed by atoms with E-state index in [0.717, 1.165) is 0 Å². The van der Waals surface area contributed by atoms with Gasteiger partial charge < -0.3 is 10.5 Å². The Morgan fingerprint density at radius 2 is 2.00 bits per heavy atom. The molecule has 0 unspecified atom stereocenters. The van der Waals surface area contributed by atoms with Crippen LogP contribution < -0.4 is 25.8 Å². The van der Waals surface area contributed by atoms with E-state index in [0.29, 0.717) is 5.56 Å². The van der Waals surface area contributed by atoms with Gasteiger partial charge in [-0.05, 0) is 12.1 Å². The number of ketones is 1. The molecule has 27 heavy (non-hydrogen) atoms. The van der Waals surface area contributed by atoms with Crippen LogP contribution in [-0.2, 0) is 29.4 Å². The zero-order valence-electron chi connectivity index (χ0n) is 13.8. The summed E-state index contributed by atoms with van der Waals surface area (Å²) in [5, 5.41) is 11.8. The van der Waals surface area contributed by atoms with Gasteiger partial charge in [0.25, 0.3) is 20.3 Å². The molecule has 2 rings (SSSR count). The summed E-state index contributed by atoms with van der Waals surface area (Å²) in [6.07, 6.45) is 1.48. The summed E-state index contributed by atoms with van der Waals surface area (Å²) in [5.41, 5.74) is 7.15. The van der Waals surface area contributed by atoms with Crippen LogP contribution in [-0.4, -0.2) is 40.9 Å². The molecule has 0 saturated heterocycles. The van der Waals surface area contributed by atoms with Gasteiger partial charge in [0, 0.05) is 17.6 Å². The van der Waals surface area contributed by atoms with Crippen molar-refractivity contribution in [2.75, 3.05) is 17.1 Å².